The van der Waals surface area contributed by atoms with E-state index < -0.39 is 0 Å². The van der Waals surface area contributed by atoms with E-state index in [4.69, 9.17) is 5.73 Å². The number of nitrogen functional groups attached to an aromatic ring is 1. The summed E-state index contributed by atoms with van der Waals surface area (Å²) >= 11 is 0. The highest BCUT2D eigenvalue weighted by Crippen LogP contribution is 2.30. The number of nitrogens with two attached hydrogens (primary N) is 1. The number of anilines is 2. The Labute approximate surface area is 126 Å². The summed E-state index contributed by atoms with van der Waals surface area (Å²) in [5, 5.41) is 1.17. The van der Waals surface area contributed by atoms with Crippen molar-refractivity contribution in [2.24, 2.45) is 0 Å². The second-order valence-corrected chi connectivity index (χ2v) is 6.24. The fourth-order valence-corrected chi connectivity index (χ4v) is 3.24. The number of aryl methyl sites for hydroxylation is 1. The Morgan fingerprint density at radius 3 is 2.57 bits per heavy atom. The Bertz CT molecular complexity index is 643. The van der Waals surface area contributed by atoms with Crippen molar-refractivity contribution in [3.63, 3.8) is 0 Å². The summed E-state index contributed by atoms with van der Waals surface area (Å²) in [6.45, 7) is 4.25. The molecule has 0 bridgehead atoms. The molecule has 1 aromatic heterocycles. The van der Waals surface area contributed by atoms with Crippen LogP contribution in [0.3, 0.4) is 0 Å². The number of piperidine rings is 1. The van der Waals surface area contributed by atoms with Gasteiger partial charge in [-0.3, -0.25) is 4.98 Å². The first-order valence-corrected chi connectivity index (χ1v) is 7.63. The molecule has 0 atom stereocenters. The Hall–Kier alpha value is -1.81. The number of hydrogen-bond donors (Lipinski definition) is 1. The second kappa shape index (κ2) is 5.53. The lowest BCUT2D eigenvalue weighted by atomic mass is 10.0. The standard InChI is InChI=1S/C17H24N4/c1-12-10-17(15-11-13(18)4-5-16(15)19-12)21-8-6-14(7-9-21)20(2)3/h4-5,10-11,14H,6-9,18H2,1-3H3. The third kappa shape index (κ3) is 2.81. The van der Waals surface area contributed by atoms with Gasteiger partial charge in [-0.15, -0.1) is 0 Å². The van der Waals surface area contributed by atoms with E-state index in [9.17, 15) is 0 Å². The Morgan fingerprint density at radius 1 is 1.19 bits per heavy atom. The molecule has 1 aromatic carbocycles. The molecule has 0 saturated carbocycles. The molecule has 2 heterocycles. The predicted octanol–water partition coefficient (Wildman–Crippen LogP) is 2.66. The van der Waals surface area contributed by atoms with Gasteiger partial charge < -0.3 is 15.5 Å². The maximum Gasteiger partial charge on any atom is 0.0727 e. The molecule has 0 amide bonds. The summed E-state index contributed by atoms with van der Waals surface area (Å²) in [5.41, 5.74) is 10.2. The van der Waals surface area contributed by atoms with Gasteiger partial charge in [0, 0.05) is 41.6 Å². The third-order valence-corrected chi connectivity index (χ3v) is 4.47. The normalized spacial score (nSPS) is 16.9. The minimum Gasteiger partial charge on any atom is -0.399 e. The number of aromatic nitrogens is 1. The highest BCUT2D eigenvalue weighted by atomic mass is 15.2. The number of hydrogen-bond acceptors (Lipinski definition) is 4. The minimum absolute atomic E-state index is 0.695. The molecule has 1 aliphatic heterocycles. The van der Waals surface area contributed by atoms with Crippen LogP contribution in [0.2, 0.25) is 0 Å². The molecule has 1 fully saturated rings. The van der Waals surface area contributed by atoms with E-state index in [0.29, 0.717) is 6.04 Å². The lowest BCUT2D eigenvalue weighted by Gasteiger charge is -2.37. The van der Waals surface area contributed by atoms with Gasteiger partial charge in [-0.1, -0.05) is 0 Å². The maximum atomic E-state index is 5.97. The third-order valence-electron chi connectivity index (χ3n) is 4.47. The molecule has 0 aliphatic carbocycles. The van der Waals surface area contributed by atoms with E-state index >= 15 is 0 Å². The summed E-state index contributed by atoms with van der Waals surface area (Å²) < 4.78 is 0. The van der Waals surface area contributed by atoms with Gasteiger partial charge in [0.15, 0.2) is 0 Å². The molecular weight excluding hydrogens is 260 g/mol. The topological polar surface area (TPSA) is 45.4 Å². The van der Waals surface area contributed by atoms with Crippen molar-refractivity contribution in [1.82, 2.24) is 9.88 Å². The van der Waals surface area contributed by atoms with E-state index in [-0.39, 0.29) is 0 Å². The van der Waals surface area contributed by atoms with Crippen molar-refractivity contribution in [3.05, 3.63) is 30.0 Å². The molecule has 4 nitrogen and oxygen atoms in total. The van der Waals surface area contributed by atoms with Crippen molar-refractivity contribution in [2.45, 2.75) is 25.8 Å². The smallest absolute Gasteiger partial charge is 0.0727 e. The van der Waals surface area contributed by atoms with Gasteiger partial charge in [0.1, 0.15) is 0 Å². The summed E-state index contributed by atoms with van der Waals surface area (Å²) in [6.07, 6.45) is 2.41. The Balaban J connectivity index is 1.95. The molecule has 0 spiro atoms. The maximum absolute atomic E-state index is 5.97. The van der Waals surface area contributed by atoms with Gasteiger partial charge in [0.25, 0.3) is 0 Å². The molecule has 112 valence electrons. The lowest BCUT2D eigenvalue weighted by Crippen LogP contribution is -2.42. The van der Waals surface area contributed by atoms with Crippen LogP contribution in [-0.4, -0.2) is 43.1 Å². The van der Waals surface area contributed by atoms with Crippen LogP contribution in [0.25, 0.3) is 10.9 Å². The van der Waals surface area contributed by atoms with Crippen LogP contribution in [0, 0.1) is 6.92 Å². The van der Waals surface area contributed by atoms with E-state index in [1.54, 1.807) is 0 Å². The predicted molar refractivity (Wildman–Crippen MR) is 89.8 cm³/mol. The highest BCUT2D eigenvalue weighted by molar-refractivity contribution is 5.94. The van der Waals surface area contributed by atoms with E-state index in [1.165, 1.54) is 23.9 Å². The van der Waals surface area contributed by atoms with Crippen molar-refractivity contribution in [3.8, 4) is 0 Å². The van der Waals surface area contributed by atoms with E-state index in [0.717, 1.165) is 30.0 Å². The highest BCUT2D eigenvalue weighted by Gasteiger charge is 2.22. The summed E-state index contributed by atoms with van der Waals surface area (Å²) in [7, 11) is 4.35. The average Bonchev–Trinajstić information content (AvgIpc) is 2.47. The molecule has 1 saturated heterocycles. The SMILES string of the molecule is Cc1cc(N2CCC(N(C)C)CC2)c2cc(N)ccc2n1. The molecule has 4 heteroatoms. The van der Waals surface area contributed by atoms with Gasteiger partial charge >= 0.3 is 0 Å². The fraction of sp³-hybridized carbons (Fsp3) is 0.471. The summed E-state index contributed by atoms with van der Waals surface area (Å²) in [5.74, 6) is 0. The van der Waals surface area contributed by atoms with E-state index in [1.807, 2.05) is 12.1 Å². The fourth-order valence-electron chi connectivity index (χ4n) is 3.24. The van der Waals surface area contributed by atoms with Crippen molar-refractivity contribution in [2.75, 3.05) is 37.8 Å². The van der Waals surface area contributed by atoms with Crippen molar-refractivity contribution >= 4 is 22.3 Å². The average molecular weight is 284 g/mol. The second-order valence-electron chi connectivity index (χ2n) is 6.24. The summed E-state index contributed by atoms with van der Waals surface area (Å²) in [6, 6.07) is 8.89. The lowest BCUT2D eigenvalue weighted by molar-refractivity contribution is 0.250. The first kappa shape index (κ1) is 14.1. The molecule has 1 aliphatic rings. The van der Waals surface area contributed by atoms with Gasteiger partial charge in [-0.05, 0) is 58.1 Å². The zero-order valence-electron chi connectivity index (χ0n) is 13.1. The van der Waals surface area contributed by atoms with Crippen LogP contribution in [0.1, 0.15) is 18.5 Å². The number of pyridine rings is 1. The first-order chi connectivity index (χ1) is 10.0. The van der Waals surface area contributed by atoms with Crippen LogP contribution in [0.5, 0.6) is 0 Å². The molecule has 2 N–H and O–H groups in total. The summed E-state index contributed by atoms with van der Waals surface area (Å²) in [4.78, 5) is 9.45. The molecule has 0 unspecified atom stereocenters. The van der Waals surface area contributed by atoms with Gasteiger partial charge in [0.05, 0.1) is 5.52 Å². The first-order valence-electron chi connectivity index (χ1n) is 7.63. The van der Waals surface area contributed by atoms with Crippen LogP contribution in [0.4, 0.5) is 11.4 Å². The number of benzene rings is 1. The molecule has 3 rings (SSSR count). The van der Waals surface area contributed by atoms with Gasteiger partial charge in [-0.2, -0.15) is 0 Å². The Kier molecular flexibility index (Phi) is 3.72. The van der Waals surface area contributed by atoms with Gasteiger partial charge in [0.2, 0.25) is 0 Å². The number of nitrogens with zero attached hydrogens (tertiary/aromatic N) is 3. The van der Waals surface area contributed by atoms with Crippen LogP contribution >= 0.6 is 0 Å². The molecular formula is C17H24N4. The van der Waals surface area contributed by atoms with Crippen LogP contribution in [-0.2, 0) is 0 Å². The molecule has 21 heavy (non-hydrogen) atoms. The molecule has 0 radical (unpaired) electrons. The molecule has 2 aromatic rings. The number of fused-ring (bicyclic) bond motifs is 1. The van der Waals surface area contributed by atoms with E-state index in [2.05, 4.69) is 47.9 Å². The Morgan fingerprint density at radius 2 is 1.90 bits per heavy atom. The van der Waals surface area contributed by atoms with Crippen LogP contribution in [0.15, 0.2) is 24.3 Å². The monoisotopic (exact) mass is 284 g/mol. The quantitative estimate of drug-likeness (QED) is 0.861. The number of rotatable bonds is 2. The van der Waals surface area contributed by atoms with Crippen molar-refractivity contribution < 1.29 is 0 Å². The zero-order chi connectivity index (χ0) is 15.0. The minimum atomic E-state index is 0.695. The largest absolute Gasteiger partial charge is 0.399 e. The van der Waals surface area contributed by atoms with Crippen molar-refractivity contribution in [1.29, 1.82) is 0 Å². The zero-order valence-corrected chi connectivity index (χ0v) is 13.1. The van der Waals surface area contributed by atoms with Crippen LogP contribution < -0.4 is 10.6 Å². The van der Waals surface area contributed by atoms with Gasteiger partial charge in [-0.25, -0.2) is 0 Å².